The SMILES string of the molecule is CCOC(=O)c1ccc(C2=CCC3C(=O)OC(=O)C3C2)cc1. The van der Waals surface area contributed by atoms with E-state index in [1.807, 2.05) is 18.2 Å². The Bertz CT molecular complexity index is 656. The molecule has 1 saturated heterocycles. The van der Waals surface area contributed by atoms with E-state index in [1.165, 1.54) is 0 Å². The van der Waals surface area contributed by atoms with Crippen molar-refractivity contribution in [2.24, 2.45) is 11.8 Å². The first-order valence-corrected chi connectivity index (χ1v) is 7.32. The maximum Gasteiger partial charge on any atom is 0.338 e. The summed E-state index contributed by atoms with van der Waals surface area (Å²) < 4.78 is 9.64. The van der Waals surface area contributed by atoms with Crippen LogP contribution in [0.1, 0.15) is 35.7 Å². The van der Waals surface area contributed by atoms with Crippen LogP contribution in [-0.2, 0) is 19.1 Å². The topological polar surface area (TPSA) is 69.7 Å². The van der Waals surface area contributed by atoms with E-state index in [9.17, 15) is 14.4 Å². The van der Waals surface area contributed by atoms with Crippen molar-refractivity contribution in [3.05, 3.63) is 41.5 Å². The molecule has 2 unspecified atom stereocenters. The first-order valence-electron chi connectivity index (χ1n) is 7.32. The second-order valence-electron chi connectivity index (χ2n) is 5.42. The summed E-state index contributed by atoms with van der Waals surface area (Å²) in [5.74, 6) is -1.91. The third-order valence-electron chi connectivity index (χ3n) is 4.12. The highest BCUT2D eigenvalue weighted by atomic mass is 16.6. The normalized spacial score (nSPS) is 23.6. The number of esters is 3. The number of hydrogen-bond donors (Lipinski definition) is 0. The summed E-state index contributed by atoms with van der Waals surface area (Å²) in [6.07, 6.45) is 2.98. The fourth-order valence-corrected chi connectivity index (χ4v) is 2.93. The van der Waals surface area contributed by atoms with Crippen LogP contribution in [0.5, 0.6) is 0 Å². The molecule has 2 aliphatic rings. The van der Waals surface area contributed by atoms with Gasteiger partial charge in [0.1, 0.15) is 0 Å². The van der Waals surface area contributed by atoms with Crippen molar-refractivity contribution in [3.63, 3.8) is 0 Å². The largest absolute Gasteiger partial charge is 0.462 e. The first kappa shape index (κ1) is 14.5. The Morgan fingerprint density at radius 3 is 2.55 bits per heavy atom. The van der Waals surface area contributed by atoms with Crippen LogP contribution in [0.3, 0.4) is 0 Å². The van der Waals surface area contributed by atoms with E-state index in [-0.39, 0.29) is 17.8 Å². The summed E-state index contributed by atoms with van der Waals surface area (Å²) in [6, 6.07) is 7.08. The Balaban J connectivity index is 1.78. The van der Waals surface area contributed by atoms with Crippen molar-refractivity contribution in [2.75, 3.05) is 6.61 Å². The van der Waals surface area contributed by atoms with E-state index in [1.54, 1.807) is 19.1 Å². The number of hydrogen-bond acceptors (Lipinski definition) is 5. The van der Waals surface area contributed by atoms with Crippen molar-refractivity contribution in [2.45, 2.75) is 19.8 Å². The lowest BCUT2D eigenvalue weighted by atomic mass is 9.79. The molecule has 5 nitrogen and oxygen atoms in total. The molecule has 1 aromatic rings. The smallest absolute Gasteiger partial charge is 0.338 e. The van der Waals surface area contributed by atoms with Gasteiger partial charge in [-0.2, -0.15) is 0 Å². The molecule has 0 N–H and O–H groups in total. The number of ether oxygens (including phenoxy) is 2. The van der Waals surface area contributed by atoms with Crippen LogP contribution in [0, 0.1) is 11.8 Å². The van der Waals surface area contributed by atoms with Crippen molar-refractivity contribution < 1.29 is 23.9 Å². The summed E-state index contributed by atoms with van der Waals surface area (Å²) in [6.45, 7) is 2.10. The average molecular weight is 300 g/mol. The molecule has 1 aromatic carbocycles. The zero-order valence-electron chi connectivity index (χ0n) is 12.2. The predicted octanol–water partition coefficient (Wildman–Crippen LogP) is 2.36. The minimum Gasteiger partial charge on any atom is -0.462 e. The molecule has 1 aliphatic heterocycles. The van der Waals surface area contributed by atoms with Gasteiger partial charge in [0.05, 0.1) is 24.0 Å². The summed E-state index contributed by atoms with van der Waals surface area (Å²) in [4.78, 5) is 34.8. The zero-order chi connectivity index (χ0) is 15.7. The second kappa shape index (κ2) is 5.75. The summed E-state index contributed by atoms with van der Waals surface area (Å²) in [5, 5.41) is 0. The van der Waals surface area contributed by atoms with Gasteiger partial charge in [0.15, 0.2) is 0 Å². The van der Waals surface area contributed by atoms with Crippen LogP contribution in [0.15, 0.2) is 30.3 Å². The van der Waals surface area contributed by atoms with Crippen LogP contribution in [0.4, 0.5) is 0 Å². The molecule has 0 saturated carbocycles. The molecule has 1 fully saturated rings. The fourth-order valence-electron chi connectivity index (χ4n) is 2.93. The fraction of sp³-hybridized carbons (Fsp3) is 0.353. The Kier molecular flexibility index (Phi) is 3.79. The van der Waals surface area contributed by atoms with E-state index in [4.69, 9.17) is 9.47 Å². The van der Waals surface area contributed by atoms with E-state index in [2.05, 4.69) is 0 Å². The molecule has 1 heterocycles. The molecular formula is C17H16O5. The van der Waals surface area contributed by atoms with E-state index in [0.29, 0.717) is 25.0 Å². The molecule has 5 heteroatoms. The Hall–Kier alpha value is -2.43. The number of cyclic esters (lactones) is 2. The lowest BCUT2D eigenvalue weighted by Gasteiger charge is -2.20. The van der Waals surface area contributed by atoms with Gasteiger partial charge in [-0.15, -0.1) is 0 Å². The molecule has 3 rings (SSSR count). The van der Waals surface area contributed by atoms with E-state index >= 15 is 0 Å². The highest BCUT2D eigenvalue weighted by molar-refractivity contribution is 5.98. The molecule has 0 bridgehead atoms. The van der Waals surface area contributed by atoms with Gasteiger partial charge in [0.2, 0.25) is 0 Å². The van der Waals surface area contributed by atoms with E-state index in [0.717, 1.165) is 11.1 Å². The standard InChI is InChI=1S/C17H16O5/c1-2-21-15(18)11-5-3-10(4-6-11)12-7-8-13-14(9-12)17(20)22-16(13)19/h3-7,13-14H,2,8-9H2,1H3. The monoisotopic (exact) mass is 300 g/mol. The Morgan fingerprint density at radius 2 is 1.86 bits per heavy atom. The highest BCUT2D eigenvalue weighted by Gasteiger charge is 2.45. The van der Waals surface area contributed by atoms with Crippen LogP contribution in [-0.4, -0.2) is 24.5 Å². The van der Waals surface area contributed by atoms with Crippen LogP contribution in [0.2, 0.25) is 0 Å². The van der Waals surface area contributed by atoms with Gasteiger partial charge >= 0.3 is 17.9 Å². The number of carbonyl (C=O) groups is 3. The number of carbonyl (C=O) groups excluding carboxylic acids is 3. The Labute approximate surface area is 127 Å². The van der Waals surface area contributed by atoms with Crippen molar-refractivity contribution in [1.82, 2.24) is 0 Å². The molecular weight excluding hydrogens is 284 g/mol. The highest BCUT2D eigenvalue weighted by Crippen LogP contribution is 2.39. The van der Waals surface area contributed by atoms with Crippen LogP contribution < -0.4 is 0 Å². The molecule has 0 amide bonds. The van der Waals surface area contributed by atoms with Gasteiger partial charge < -0.3 is 9.47 Å². The lowest BCUT2D eigenvalue weighted by Crippen LogP contribution is -2.21. The molecule has 1 aliphatic carbocycles. The van der Waals surface area contributed by atoms with Gasteiger partial charge in [-0.05, 0) is 43.0 Å². The van der Waals surface area contributed by atoms with Gasteiger partial charge in [0, 0.05) is 0 Å². The molecule has 0 radical (unpaired) electrons. The third-order valence-corrected chi connectivity index (χ3v) is 4.12. The Morgan fingerprint density at radius 1 is 1.18 bits per heavy atom. The maximum absolute atomic E-state index is 11.7. The van der Waals surface area contributed by atoms with Crippen molar-refractivity contribution in [3.8, 4) is 0 Å². The first-order chi connectivity index (χ1) is 10.6. The van der Waals surface area contributed by atoms with Gasteiger partial charge in [-0.3, -0.25) is 9.59 Å². The quantitative estimate of drug-likeness (QED) is 0.633. The number of allylic oxidation sites excluding steroid dienone is 2. The van der Waals surface area contributed by atoms with Gasteiger partial charge in [0.25, 0.3) is 0 Å². The number of fused-ring (bicyclic) bond motifs is 1. The molecule has 22 heavy (non-hydrogen) atoms. The summed E-state index contributed by atoms with van der Waals surface area (Å²) in [5.41, 5.74) is 2.44. The number of benzene rings is 1. The van der Waals surface area contributed by atoms with Gasteiger partial charge in [-0.1, -0.05) is 18.2 Å². The minimum absolute atomic E-state index is 0.338. The number of rotatable bonds is 3. The van der Waals surface area contributed by atoms with Crippen LogP contribution >= 0.6 is 0 Å². The summed E-state index contributed by atoms with van der Waals surface area (Å²) >= 11 is 0. The molecule has 114 valence electrons. The maximum atomic E-state index is 11.7. The van der Waals surface area contributed by atoms with Crippen molar-refractivity contribution >= 4 is 23.5 Å². The van der Waals surface area contributed by atoms with Crippen LogP contribution in [0.25, 0.3) is 5.57 Å². The zero-order valence-corrected chi connectivity index (χ0v) is 12.2. The average Bonchev–Trinajstić information content (AvgIpc) is 2.82. The molecule has 0 aromatic heterocycles. The molecule has 0 spiro atoms. The van der Waals surface area contributed by atoms with Crippen molar-refractivity contribution in [1.29, 1.82) is 0 Å². The van der Waals surface area contributed by atoms with E-state index < -0.39 is 11.9 Å². The molecule has 2 atom stereocenters. The minimum atomic E-state index is -0.427. The lowest BCUT2D eigenvalue weighted by molar-refractivity contribution is -0.153. The van der Waals surface area contributed by atoms with Gasteiger partial charge in [-0.25, -0.2) is 4.79 Å². The second-order valence-corrected chi connectivity index (χ2v) is 5.42. The summed E-state index contributed by atoms with van der Waals surface area (Å²) in [7, 11) is 0. The predicted molar refractivity (Wildman–Crippen MR) is 77.7 cm³/mol. The third kappa shape index (κ3) is 2.54.